The summed E-state index contributed by atoms with van der Waals surface area (Å²) in [6.07, 6.45) is 2.09. The van der Waals surface area contributed by atoms with Crippen LogP contribution >= 0.6 is 0 Å². The SMILES string of the molecule is CC(CC(=O)N1CC(Oc2ccc3c(c2C(=O)O)OB(O)CC3)C1)N=CN. The smallest absolute Gasteiger partial charge is 0.522 e. The summed E-state index contributed by atoms with van der Waals surface area (Å²) < 4.78 is 11.1. The Balaban J connectivity index is 1.65. The van der Waals surface area contributed by atoms with E-state index in [4.69, 9.17) is 15.1 Å². The number of aryl methyl sites for hydroxylation is 1. The minimum Gasteiger partial charge on any atom is -0.535 e. The third kappa shape index (κ3) is 4.16. The average molecular weight is 375 g/mol. The Morgan fingerprint density at radius 3 is 2.93 bits per heavy atom. The van der Waals surface area contributed by atoms with Gasteiger partial charge in [0, 0.05) is 6.42 Å². The molecule has 9 nitrogen and oxygen atoms in total. The van der Waals surface area contributed by atoms with Gasteiger partial charge in [0.05, 0.1) is 25.5 Å². The third-order valence-electron chi connectivity index (χ3n) is 4.63. The van der Waals surface area contributed by atoms with Gasteiger partial charge in [0.25, 0.3) is 0 Å². The van der Waals surface area contributed by atoms with Crippen molar-refractivity contribution < 1.29 is 29.1 Å². The van der Waals surface area contributed by atoms with Gasteiger partial charge < -0.3 is 30.2 Å². The molecule has 1 atom stereocenters. The van der Waals surface area contributed by atoms with Gasteiger partial charge in [0.1, 0.15) is 23.2 Å². The molecular formula is C17H22BN3O6. The van der Waals surface area contributed by atoms with E-state index in [1.54, 1.807) is 24.0 Å². The van der Waals surface area contributed by atoms with Crippen molar-refractivity contribution in [1.82, 2.24) is 4.90 Å². The molecule has 1 amide bonds. The molecule has 1 unspecified atom stereocenters. The van der Waals surface area contributed by atoms with Crippen LogP contribution in [0.5, 0.6) is 11.5 Å². The van der Waals surface area contributed by atoms with E-state index in [2.05, 4.69) is 4.99 Å². The molecule has 3 rings (SSSR count). The number of carboxylic acid groups (broad SMARTS) is 1. The minimum absolute atomic E-state index is 0.0525. The number of hydrogen-bond acceptors (Lipinski definition) is 6. The number of nitrogens with zero attached hydrogens (tertiary/aromatic N) is 2. The van der Waals surface area contributed by atoms with Crippen molar-refractivity contribution in [2.75, 3.05) is 13.1 Å². The Bertz CT molecular complexity index is 765. The van der Waals surface area contributed by atoms with Gasteiger partial charge in [0.15, 0.2) is 0 Å². The van der Waals surface area contributed by atoms with Crippen LogP contribution in [0, 0.1) is 0 Å². The van der Waals surface area contributed by atoms with Crippen molar-refractivity contribution in [2.45, 2.75) is 38.2 Å². The van der Waals surface area contributed by atoms with E-state index in [9.17, 15) is 19.7 Å². The Morgan fingerprint density at radius 2 is 2.26 bits per heavy atom. The van der Waals surface area contributed by atoms with E-state index >= 15 is 0 Å². The Morgan fingerprint density at radius 1 is 1.52 bits per heavy atom. The Kier molecular flexibility index (Phi) is 5.55. The molecule has 10 heteroatoms. The average Bonchev–Trinajstić information content (AvgIpc) is 2.56. The normalized spacial score (nSPS) is 17.9. The van der Waals surface area contributed by atoms with Crippen molar-refractivity contribution in [2.24, 2.45) is 10.7 Å². The molecule has 1 aromatic rings. The van der Waals surface area contributed by atoms with Gasteiger partial charge in [-0.25, -0.2) is 4.79 Å². The summed E-state index contributed by atoms with van der Waals surface area (Å²) >= 11 is 0. The summed E-state index contributed by atoms with van der Waals surface area (Å²) in [5.74, 6) is -0.909. The molecule has 0 aromatic heterocycles. The van der Waals surface area contributed by atoms with Gasteiger partial charge in [-0.05, 0) is 31.3 Å². The number of carbonyl (C=O) groups is 2. The fraction of sp³-hybridized carbons (Fsp3) is 0.471. The van der Waals surface area contributed by atoms with Crippen LogP contribution < -0.4 is 15.1 Å². The van der Waals surface area contributed by atoms with Crippen LogP contribution in [-0.4, -0.2) is 65.6 Å². The largest absolute Gasteiger partial charge is 0.535 e. The minimum atomic E-state index is -1.18. The number of nitrogens with two attached hydrogens (primary N) is 1. The number of hydrogen-bond donors (Lipinski definition) is 3. The quantitative estimate of drug-likeness (QED) is 0.366. The van der Waals surface area contributed by atoms with Crippen molar-refractivity contribution in [1.29, 1.82) is 0 Å². The summed E-state index contributed by atoms with van der Waals surface area (Å²) in [7, 11) is -1.03. The Hall–Kier alpha value is -2.75. The number of carboxylic acids is 1. The van der Waals surface area contributed by atoms with Crippen LogP contribution in [0.2, 0.25) is 6.32 Å². The number of aliphatic imine (C=N–C) groups is 1. The second-order valence-electron chi connectivity index (χ2n) is 6.73. The predicted octanol–water partition coefficient (Wildman–Crippen LogP) is 0.155. The lowest BCUT2D eigenvalue weighted by Crippen LogP contribution is -2.56. The van der Waals surface area contributed by atoms with Gasteiger partial charge in [-0.1, -0.05) is 6.07 Å². The topological polar surface area (TPSA) is 135 Å². The van der Waals surface area contributed by atoms with Gasteiger partial charge in [-0.3, -0.25) is 9.79 Å². The van der Waals surface area contributed by atoms with Crippen LogP contribution in [0.4, 0.5) is 0 Å². The second-order valence-corrected chi connectivity index (χ2v) is 6.73. The third-order valence-corrected chi connectivity index (χ3v) is 4.63. The van der Waals surface area contributed by atoms with Crippen LogP contribution in [-0.2, 0) is 11.2 Å². The van der Waals surface area contributed by atoms with Crippen molar-refractivity contribution in [3.63, 3.8) is 0 Å². The monoisotopic (exact) mass is 375 g/mol. The molecule has 0 saturated carbocycles. The van der Waals surface area contributed by atoms with Crippen molar-refractivity contribution >= 4 is 25.3 Å². The van der Waals surface area contributed by atoms with E-state index in [1.807, 2.05) is 0 Å². The maximum Gasteiger partial charge on any atom is 0.522 e. The highest BCUT2D eigenvalue weighted by Crippen LogP contribution is 2.37. The van der Waals surface area contributed by atoms with Crippen LogP contribution in [0.1, 0.15) is 29.3 Å². The van der Waals surface area contributed by atoms with Gasteiger partial charge >= 0.3 is 13.1 Å². The molecule has 0 bridgehead atoms. The number of aromatic carboxylic acids is 1. The highest BCUT2D eigenvalue weighted by Gasteiger charge is 2.35. The number of amides is 1. The van der Waals surface area contributed by atoms with Gasteiger partial charge in [0.2, 0.25) is 5.91 Å². The molecular weight excluding hydrogens is 353 g/mol. The van der Waals surface area contributed by atoms with Crippen molar-refractivity contribution in [3.05, 3.63) is 23.3 Å². The second kappa shape index (κ2) is 7.87. The summed E-state index contributed by atoms with van der Waals surface area (Å²) in [6, 6.07) is 3.16. The maximum absolute atomic E-state index is 12.1. The molecule has 0 spiro atoms. The molecule has 27 heavy (non-hydrogen) atoms. The summed E-state index contributed by atoms with van der Waals surface area (Å²) in [5, 5.41) is 19.3. The van der Waals surface area contributed by atoms with Gasteiger partial charge in [-0.15, -0.1) is 0 Å². The number of fused-ring (bicyclic) bond motifs is 1. The first-order valence-electron chi connectivity index (χ1n) is 8.80. The van der Waals surface area contributed by atoms with Crippen LogP contribution in [0.15, 0.2) is 17.1 Å². The lowest BCUT2D eigenvalue weighted by Gasteiger charge is -2.39. The molecule has 0 radical (unpaired) electrons. The number of rotatable bonds is 6. The molecule has 1 aromatic carbocycles. The van der Waals surface area contributed by atoms with Crippen LogP contribution in [0.3, 0.4) is 0 Å². The molecule has 2 aliphatic heterocycles. The van der Waals surface area contributed by atoms with E-state index in [0.717, 1.165) is 5.56 Å². The first-order valence-corrected chi connectivity index (χ1v) is 8.80. The summed E-state index contributed by atoms with van der Waals surface area (Å²) in [4.78, 5) is 29.4. The molecule has 2 heterocycles. The standard InChI is InChI=1S/C17H22BN3O6/c1-10(20-9-19)6-14(22)21-7-12(8-21)26-13-3-2-11-4-5-18(25)27-16(11)15(13)17(23)24/h2-3,9-10,12,25H,4-8H2,1H3,(H2,19,20)(H,23,24). The van der Waals surface area contributed by atoms with Crippen molar-refractivity contribution in [3.8, 4) is 11.5 Å². The number of benzene rings is 1. The zero-order valence-electron chi connectivity index (χ0n) is 15.0. The predicted molar refractivity (Wildman–Crippen MR) is 98.3 cm³/mol. The molecule has 4 N–H and O–H groups in total. The molecule has 0 aliphatic carbocycles. The highest BCUT2D eigenvalue weighted by atomic mass is 16.5. The van der Waals surface area contributed by atoms with E-state index < -0.39 is 13.1 Å². The zero-order chi connectivity index (χ0) is 19.6. The Labute approximate surface area is 156 Å². The van der Waals surface area contributed by atoms with E-state index in [-0.39, 0.29) is 41.5 Å². The lowest BCUT2D eigenvalue weighted by atomic mass is 9.78. The first-order chi connectivity index (χ1) is 12.9. The summed E-state index contributed by atoms with van der Waals surface area (Å²) in [6.45, 7) is 2.55. The summed E-state index contributed by atoms with van der Waals surface area (Å²) in [5.41, 5.74) is 5.85. The lowest BCUT2D eigenvalue weighted by molar-refractivity contribution is -0.140. The number of likely N-dealkylation sites (tertiary alicyclic amines) is 1. The zero-order valence-corrected chi connectivity index (χ0v) is 15.0. The van der Waals surface area contributed by atoms with E-state index in [1.165, 1.54) is 6.34 Å². The fourth-order valence-corrected chi connectivity index (χ4v) is 3.19. The number of ether oxygens (including phenoxy) is 1. The highest BCUT2D eigenvalue weighted by molar-refractivity contribution is 6.44. The molecule has 2 aliphatic rings. The maximum atomic E-state index is 12.1. The first kappa shape index (κ1) is 19.0. The van der Waals surface area contributed by atoms with Crippen LogP contribution in [0.25, 0.3) is 0 Å². The molecule has 144 valence electrons. The molecule has 1 saturated heterocycles. The van der Waals surface area contributed by atoms with E-state index in [0.29, 0.717) is 25.8 Å². The molecule has 1 fully saturated rings. The van der Waals surface area contributed by atoms with Gasteiger partial charge in [-0.2, -0.15) is 0 Å². The number of carbonyl (C=O) groups excluding carboxylic acids is 1. The fourth-order valence-electron chi connectivity index (χ4n) is 3.19.